The van der Waals surface area contributed by atoms with Gasteiger partial charge in [-0.3, -0.25) is 4.90 Å². The third kappa shape index (κ3) is 2.77. The summed E-state index contributed by atoms with van der Waals surface area (Å²) in [5.74, 6) is 1.09. The first-order valence-corrected chi connectivity index (χ1v) is 8.78. The molecule has 2 fully saturated rings. The molecule has 0 aromatic heterocycles. The SMILES string of the molecule is CC1(C)Cc2cc(CN3CCC4(CCNCC4)C3)ccc2O1. The molecule has 4 rings (SSSR count). The molecular formula is C19H28N2O. The Bertz CT molecular complexity index is 561. The zero-order valence-corrected chi connectivity index (χ0v) is 14.0. The third-order valence-electron chi connectivity index (χ3n) is 5.72. The number of likely N-dealkylation sites (tertiary alicyclic amines) is 1. The van der Waals surface area contributed by atoms with E-state index in [4.69, 9.17) is 4.74 Å². The van der Waals surface area contributed by atoms with Gasteiger partial charge >= 0.3 is 0 Å². The lowest BCUT2D eigenvalue weighted by Gasteiger charge is -2.34. The van der Waals surface area contributed by atoms with Crippen molar-refractivity contribution >= 4 is 0 Å². The quantitative estimate of drug-likeness (QED) is 0.909. The zero-order chi connectivity index (χ0) is 15.2. The lowest BCUT2D eigenvalue weighted by atomic mass is 9.78. The zero-order valence-electron chi connectivity index (χ0n) is 14.0. The van der Waals surface area contributed by atoms with Crippen LogP contribution < -0.4 is 10.1 Å². The number of nitrogens with zero attached hydrogens (tertiary/aromatic N) is 1. The Morgan fingerprint density at radius 2 is 2.00 bits per heavy atom. The Balaban J connectivity index is 1.43. The number of benzene rings is 1. The van der Waals surface area contributed by atoms with Gasteiger partial charge in [0.05, 0.1) is 0 Å². The Labute approximate surface area is 134 Å². The van der Waals surface area contributed by atoms with Crippen molar-refractivity contribution in [2.45, 2.75) is 51.7 Å². The van der Waals surface area contributed by atoms with Crippen LogP contribution in [-0.2, 0) is 13.0 Å². The van der Waals surface area contributed by atoms with Crippen molar-refractivity contribution in [2.75, 3.05) is 26.2 Å². The number of piperidine rings is 1. The summed E-state index contributed by atoms with van der Waals surface area (Å²) >= 11 is 0. The van der Waals surface area contributed by atoms with Crippen molar-refractivity contribution in [3.63, 3.8) is 0 Å². The van der Waals surface area contributed by atoms with E-state index < -0.39 is 0 Å². The molecule has 3 aliphatic rings. The van der Waals surface area contributed by atoms with Crippen LogP contribution in [0.4, 0.5) is 0 Å². The predicted molar refractivity (Wildman–Crippen MR) is 89.3 cm³/mol. The number of rotatable bonds is 2. The van der Waals surface area contributed by atoms with E-state index >= 15 is 0 Å². The summed E-state index contributed by atoms with van der Waals surface area (Å²) in [5.41, 5.74) is 3.41. The highest BCUT2D eigenvalue weighted by Gasteiger charge is 2.38. The molecule has 2 saturated heterocycles. The van der Waals surface area contributed by atoms with Gasteiger partial charge in [-0.25, -0.2) is 0 Å². The average Bonchev–Trinajstić information content (AvgIpc) is 2.99. The maximum absolute atomic E-state index is 5.99. The maximum atomic E-state index is 5.99. The topological polar surface area (TPSA) is 24.5 Å². The van der Waals surface area contributed by atoms with E-state index in [1.54, 1.807) is 0 Å². The largest absolute Gasteiger partial charge is 0.487 e. The summed E-state index contributed by atoms with van der Waals surface area (Å²) in [6, 6.07) is 6.81. The first-order chi connectivity index (χ1) is 10.5. The lowest BCUT2D eigenvalue weighted by Crippen LogP contribution is -2.38. The van der Waals surface area contributed by atoms with Crippen LogP contribution in [0.25, 0.3) is 0 Å². The summed E-state index contributed by atoms with van der Waals surface area (Å²) in [7, 11) is 0. The van der Waals surface area contributed by atoms with Gasteiger partial charge in [0.25, 0.3) is 0 Å². The molecular weight excluding hydrogens is 272 g/mol. The van der Waals surface area contributed by atoms with Crippen LogP contribution in [0.15, 0.2) is 18.2 Å². The van der Waals surface area contributed by atoms with E-state index in [2.05, 4.69) is 42.3 Å². The minimum absolute atomic E-state index is 0.0340. The molecule has 0 bridgehead atoms. The Morgan fingerprint density at radius 1 is 1.18 bits per heavy atom. The fourth-order valence-electron chi connectivity index (χ4n) is 4.55. The van der Waals surface area contributed by atoms with Crippen LogP contribution in [0.2, 0.25) is 0 Å². The minimum Gasteiger partial charge on any atom is -0.487 e. The molecule has 1 spiro atoms. The van der Waals surface area contributed by atoms with Gasteiger partial charge in [-0.2, -0.15) is 0 Å². The van der Waals surface area contributed by atoms with Crippen LogP contribution in [0, 0.1) is 5.41 Å². The van der Waals surface area contributed by atoms with Crippen molar-refractivity contribution < 1.29 is 4.74 Å². The first kappa shape index (κ1) is 14.5. The molecule has 22 heavy (non-hydrogen) atoms. The van der Waals surface area contributed by atoms with Crippen LogP contribution in [0.1, 0.15) is 44.2 Å². The van der Waals surface area contributed by atoms with Crippen molar-refractivity contribution in [3.8, 4) is 5.75 Å². The van der Waals surface area contributed by atoms with E-state index in [0.717, 1.165) is 18.7 Å². The van der Waals surface area contributed by atoms with Crippen LogP contribution in [-0.4, -0.2) is 36.7 Å². The van der Waals surface area contributed by atoms with Gasteiger partial charge in [0.1, 0.15) is 11.4 Å². The molecule has 0 radical (unpaired) electrons. The summed E-state index contributed by atoms with van der Waals surface area (Å²) in [5, 5.41) is 3.50. The van der Waals surface area contributed by atoms with Gasteiger partial charge in [-0.15, -0.1) is 0 Å². The van der Waals surface area contributed by atoms with Gasteiger partial charge in [-0.05, 0) is 75.4 Å². The molecule has 0 saturated carbocycles. The molecule has 0 unspecified atom stereocenters. The first-order valence-electron chi connectivity index (χ1n) is 8.78. The van der Waals surface area contributed by atoms with Gasteiger partial charge in [0.15, 0.2) is 0 Å². The van der Waals surface area contributed by atoms with Gasteiger partial charge in [0, 0.05) is 19.5 Å². The molecule has 3 heteroatoms. The summed E-state index contributed by atoms with van der Waals surface area (Å²) in [6.07, 6.45) is 5.13. The number of hydrogen-bond donors (Lipinski definition) is 1. The lowest BCUT2D eigenvalue weighted by molar-refractivity contribution is 0.138. The minimum atomic E-state index is -0.0340. The number of ether oxygens (including phenoxy) is 1. The van der Waals surface area contributed by atoms with Crippen molar-refractivity contribution in [2.24, 2.45) is 5.41 Å². The molecule has 3 aliphatic heterocycles. The maximum Gasteiger partial charge on any atom is 0.123 e. The molecule has 1 aromatic carbocycles. The highest BCUT2D eigenvalue weighted by molar-refractivity contribution is 5.41. The number of hydrogen-bond acceptors (Lipinski definition) is 3. The molecule has 0 amide bonds. The van der Waals surface area contributed by atoms with E-state index in [-0.39, 0.29) is 5.60 Å². The molecule has 1 aromatic rings. The van der Waals surface area contributed by atoms with Gasteiger partial charge in [-0.1, -0.05) is 12.1 Å². The molecule has 0 atom stereocenters. The van der Waals surface area contributed by atoms with Gasteiger partial charge < -0.3 is 10.1 Å². The van der Waals surface area contributed by atoms with E-state index in [1.807, 2.05) is 0 Å². The number of nitrogens with one attached hydrogen (secondary N) is 1. The fraction of sp³-hybridized carbons (Fsp3) is 0.684. The monoisotopic (exact) mass is 300 g/mol. The molecule has 0 aliphatic carbocycles. The number of fused-ring (bicyclic) bond motifs is 1. The molecule has 120 valence electrons. The summed E-state index contributed by atoms with van der Waals surface area (Å²) in [4.78, 5) is 2.66. The second kappa shape index (κ2) is 5.24. The standard InChI is InChI=1S/C19H28N2O/c1-18(2)12-16-11-15(3-4-17(16)22-18)13-21-10-7-19(14-21)5-8-20-9-6-19/h3-4,11,20H,5-10,12-14H2,1-2H3. The molecule has 1 N–H and O–H groups in total. The second-order valence-corrected chi connectivity index (χ2v) is 8.19. The normalized spacial score (nSPS) is 26.1. The van der Waals surface area contributed by atoms with Crippen molar-refractivity contribution in [3.05, 3.63) is 29.3 Å². The van der Waals surface area contributed by atoms with E-state index in [9.17, 15) is 0 Å². The van der Waals surface area contributed by atoms with Crippen LogP contribution >= 0.6 is 0 Å². The highest BCUT2D eigenvalue weighted by Crippen LogP contribution is 2.40. The molecule has 3 nitrogen and oxygen atoms in total. The van der Waals surface area contributed by atoms with E-state index in [1.165, 1.54) is 56.6 Å². The Hall–Kier alpha value is -1.06. The summed E-state index contributed by atoms with van der Waals surface area (Å²) in [6.45, 7) is 10.4. The van der Waals surface area contributed by atoms with Crippen molar-refractivity contribution in [1.82, 2.24) is 10.2 Å². The average molecular weight is 300 g/mol. The van der Waals surface area contributed by atoms with E-state index in [0.29, 0.717) is 5.41 Å². The third-order valence-corrected chi connectivity index (χ3v) is 5.72. The molecule has 3 heterocycles. The van der Waals surface area contributed by atoms with Crippen molar-refractivity contribution in [1.29, 1.82) is 0 Å². The van der Waals surface area contributed by atoms with Crippen LogP contribution in [0.3, 0.4) is 0 Å². The second-order valence-electron chi connectivity index (χ2n) is 8.19. The summed E-state index contributed by atoms with van der Waals surface area (Å²) < 4.78 is 5.99. The van der Waals surface area contributed by atoms with Gasteiger partial charge in [0.2, 0.25) is 0 Å². The predicted octanol–water partition coefficient (Wildman–Crippen LogP) is 2.98. The fourth-order valence-corrected chi connectivity index (χ4v) is 4.55. The Morgan fingerprint density at radius 3 is 2.82 bits per heavy atom. The smallest absolute Gasteiger partial charge is 0.123 e. The highest BCUT2D eigenvalue weighted by atomic mass is 16.5. The Kier molecular flexibility index (Phi) is 3.46. The van der Waals surface area contributed by atoms with Crippen LogP contribution in [0.5, 0.6) is 5.75 Å².